The van der Waals surface area contributed by atoms with Crippen LogP contribution in [0.15, 0.2) is 72.5 Å². The van der Waals surface area contributed by atoms with Crippen molar-refractivity contribution < 1.29 is 52.4 Å². The SMILES string of the molecule is Cc1nc(S(C)(=O)=O)nc(Nc2cc(S(=O)(=O)O)cc3cc(S(=O)(=O)O)c(N=Nc4ccccc4S(=O)(=O)O)c(O)c23)c1Cl. The summed E-state index contributed by atoms with van der Waals surface area (Å²) in [5.74, 6) is -1.50. The van der Waals surface area contributed by atoms with Gasteiger partial charge in [-0.05, 0) is 42.6 Å². The van der Waals surface area contributed by atoms with Gasteiger partial charge in [0.2, 0.25) is 15.0 Å². The minimum atomic E-state index is -5.27. The molecule has 0 aliphatic rings. The van der Waals surface area contributed by atoms with Gasteiger partial charge in [0.25, 0.3) is 30.4 Å². The predicted molar refractivity (Wildman–Crippen MR) is 154 cm³/mol. The normalized spacial score (nSPS) is 13.0. The number of hydrogen-bond donors (Lipinski definition) is 5. The van der Waals surface area contributed by atoms with Crippen LogP contribution in [0.5, 0.6) is 5.75 Å². The zero-order valence-electron chi connectivity index (χ0n) is 21.9. The quantitative estimate of drug-likeness (QED) is 0.0993. The summed E-state index contributed by atoms with van der Waals surface area (Å²) in [6.45, 7) is 1.33. The first-order chi connectivity index (χ1) is 20.1. The highest BCUT2D eigenvalue weighted by atomic mass is 35.5. The molecule has 0 saturated heterocycles. The van der Waals surface area contributed by atoms with Crippen molar-refractivity contribution in [2.75, 3.05) is 11.6 Å². The number of benzene rings is 3. The summed E-state index contributed by atoms with van der Waals surface area (Å²) < 4.78 is 125. The number of nitrogens with one attached hydrogen (secondary N) is 1. The van der Waals surface area contributed by atoms with Gasteiger partial charge in [-0.3, -0.25) is 13.7 Å². The van der Waals surface area contributed by atoms with Gasteiger partial charge in [-0.25, -0.2) is 13.4 Å². The second-order valence-electron chi connectivity index (χ2n) is 8.89. The molecule has 0 unspecified atom stereocenters. The number of aromatic nitrogens is 2. The fraction of sp³-hybridized carbons (Fsp3) is 0.0909. The first-order valence-corrected chi connectivity index (χ1v) is 18.0. The minimum absolute atomic E-state index is 0.0373. The fourth-order valence-corrected chi connectivity index (χ4v) is 6.29. The molecule has 0 saturated carbocycles. The Labute approximate surface area is 254 Å². The molecule has 0 aliphatic heterocycles. The van der Waals surface area contributed by atoms with Gasteiger partial charge in [-0.15, -0.1) is 10.2 Å². The number of phenolic OH excluding ortho intramolecular Hbond substituents is 1. The van der Waals surface area contributed by atoms with Gasteiger partial charge in [0, 0.05) is 11.6 Å². The van der Waals surface area contributed by atoms with Crippen molar-refractivity contribution in [2.24, 2.45) is 10.2 Å². The third-order valence-corrected chi connectivity index (χ3v) is 9.58. The average molecular weight is 708 g/mol. The number of azo groups is 1. The maximum Gasteiger partial charge on any atom is 0.296 e. The second kappa shape index (κ2) is 11.3. The molecule has 4 rings (SSSR count). The molecular weight excluding hydrogens is 690 g/mol. The number of hydrogen-bond acceptors (Lipinski definition) is 14. The average Bonchev–Trinajstić information content (AvgIpc) is 2.88. The molecule has 3 aromatic carbocycles. The molecule has 22 heteroatoms. The van der Waals surface area contributed by atoms with Crippen molar-refractivity contribution in [3.63, 3.8) is 0 Å². The Hall–Kier alpha value is -3.83. The highest BCUT2D eigenvalue weighted by molar-refractivity contribution is 7.90. The monoisotopic (exact) mass is 707 g/mol. The summed E-state index contributed by atoms with van der Waals surface area (Å²) in [6, 6.07) is 6.69. The molecule has 1 aromatic heterocycles. The number of sulfone groups is 1. The maximum atomic E-state index is 12.3. The molecule has 0 amide bonds. The molecule has 1 heterocycles. The van der Waals surface area contributed by atoms with Gasteiger partial charge in [0.1, 0.15) is 26.2 Å². The molecule has 0 spiro atoms. The minimum Gasteiger partial charge on any atom is -0.505 e. The van der Waals surface area contributed by atoms with Crippen LogP contribution in [0.3, 0.4) is 0 Å². The molecule has 0 radical (unpaired) electrons. The highest BCUT2D eigenvalue weighted by Crippen LogP contribution is 2.46. The van der Waals surface area contributed by atoms with Crippen molar-refractivity contribution >= 4 is 85.4 Å². The van der Waals surface area contributed by atoms with Crippen molar-refractivity contribution in [3.05, 3.63) is 53.2 Å². The third kappa shape index (κ3) is 6.78. The third-order valence-electron chi connectivity index (χ3n) is 5.68. The number of halogens is 1. The van der Waals surface area contributed by atoms with E-state index in [1.54, 1.807) is 0 Å². The fourth-order valence-electron chi connectivity index (χ4n) is 3.77. The Balaban J connectivity index is 2.10. The number of rotatable bonds is 8. The molecule has 234 valence electrons. The van der Waals surface area contributed by atoms with Crippen molar-refractivity contribution in [2.45, 2.75) is 26.8 Å². The molecule has 0 bridgehead atoms. The van der Waals surface area contributed by atoms with Crippen LogP contribution in [0, 0.1) is 6.92 Å². The summed E-state index contributed by atoms with van der Waals surface area (Å²) in [4.78, 5) is 4.87. The van der Waals surface area contributed by atoms with Crippen LogP contribution in [-0.4, -0.2) is 68.7 Å². The molecular formula is C22H18ClN5O12S4. The lowest BCUT2D eigenvalue weighted by Crippen LogP contribution is -2.09. The largest absolute Gasteiger partial charge is 0.505 e. The first-order valence-electron chi connectivity index (χ1n) is 11.4. The Morgan fingerprint density at radius 3 is 2.00 bits per heavy atom. The van der Waals surface area contributed by atoms with E-state index < -0.39 is 99.4 Å². The van der Waals surface area contributed by atoms with Crippen LogP contribution < -0.4 is 5.32 Å². The first kappa shape index (κ1) is 33.1. The van der Waals surface area contributed by atoms with Gasteiger partial charge in [-0.1, -0.05) is 23.7 Å². The summed E-state index contributed by atoms with van der Waals surface area (Å²) in [5.41, 5.74) is -1.98. The van der Waals surface area contributed by atoms with Gasteiger partial charge in [0.15, 0.2) is 11.6 Å². The zero-order chi connectivity index (χ0) is 33.0. The van der Waals surface area contributed by atoms with E-state index in [4.69, 9.17) is 11.6 Å². The summed E-state index contributed by atoms with van der Waals surface area (Å²) in [6.07, 6.45) is 0.800. The van der Waals surface area contributed by atoms with Gasteiger partial charge >= 0.3 is 0 Å². The molecule has 4 aromatic rings. The van der Waals surface area contributed by atoms with Crippen molar-refractivity contribution in [1.29, 1.82) is 0 Å². The molecule has 44 heavy (non-hydrogen) atoms. The number of nitrogens with zero attached hydrogens (tertiary/aromatic N) is 4. The Morgan fingerprint density at radius 1 is 0.818 bits per heavy atom. The van der Waals surface area contributed by atoms with E-state index in [9.17, 15) is 52.4 Å². The van der Waals surface area contributed by atoms with Gasteiger partial charge in [-0.2, -0.15) is 30.2 Å². The number of phenols is 1. The Bertz CT molecular complexity index is 2350. The topological polar surface area (TPSA) is 280 Å². The summed E-state index contributed by atoms with van der Waals surface area (Å²) in [5, 5.41) is 19.2. The number of aromatic hydroxyl groups is 1. The number of fused-ring (bicyclic) bond motifs is 1. The van der Waals surface area contributed by atoms with Crippen molar-refractivity contribution in [3.8, 4) is 5.75 Å². The van der Waals surface area contributed by atoms with Gasteiger partial charge < -0.3 is 10.4 Å². The van der Waals surface area contributed by atoms with E-state index in [1.165, 1.54) is 19.1 Å². The van der Waals surface area contributed by atoms with Gasteiger partial charge in [0.05, 0.1) is 16.3 Å². The molecule has 0 atom stereocenters. The molecule has 17 nitrogen and oxygen atoms in total. The highest BCUT2D eigenvalue weighted by Gasteiger charge is 2.27. The number of anilines is 2. The second-order valence-corrected chi connectivity index (χ2v) is 15.4. The number of aryl methyl sites for hydroxylation is 1. The summed E-state index contributed by atoms with van der Waals surface area (Å²) >= 11 is 6.24. The van der Waals surface area contributed by atoms with E-state index in [0.717, 1.165) is 30.5 Å². The van der Waals surface area contributed by atoms with E-state index in [2.05, 4.69) is 25.5 Å². The van der Waals surface area contributed by atoms with Crippen LogP contribution in [0.4, 0.5) is 22.9 Å². The van der Waals surface area contributed by atoms with Crippen LogP contribution >= 0.6 is 11.6 Å². The van der Waals surface area contributed by atoms with E-state index >= 15 is 0 Å². The van der Waals surface area contributed by atoms with Crippen LogP contribution in [-0.2, 0) is 40.2 Å². The van der Waals surface area contributed by atoms with Crippen LogP contribution in [0.2, 0.25) is 5.02 Å². The molecule has 0 aliphatic carbocycles. The standard InChI is InChI=1S/C22H18ClN5O12S4/c1-10-18(23)21(26-22(24-10)41(2,30)31)25-14-9-12(42(32,33)34)7-11-8-16(44(38,39)40)19(20(29)17(11)14)28-27-13-5-3-4-6-15(13)43(35,36)37/h3-9,29H,1-2H3,(H,24,25,26)(H,32,33,34)(H,35,36,37)(H,38,39,40). The maximum absolute atomic E-state index is 12.3. The van der Waals surface area contributed by atoms with Crippen LogP contribution in [0.25, 0.3) is 10.8 Å². The van der Waals surface area contributed by atoms with E-state index in [-0.39, 0.29) is 10.7 Å². The zero-order valence-corrected chi connectivity index (χ0v) is 25.9. The lowest BCUT2D eigenvalue weighted by atomic mass is 10.1. The molecule has 5 N–H and O–H groups in total. The molecule has 0 fully saturated rings. The lowest BCUT2D eigenvalue weighted by molar-refractivity contribution is 0.472. The Kier molecular flexibility index (Phi) is 8.47. The predicted octanol–water partition coefficient (Wildman–Crippen LogP) is 3.60. The van der Waals surface area contributed by atoms with Crippen molar-refractivity contribution in [1.82, 2.24) is 9.97 Å². The smallest absolute Gasteiger partial charge is 0.296 e. The lowest BCUT2D eigenvalue weighted by Gasteiger charge is -2.16. The van der Waals surface area contributed by atoms with E-state index in [1.807, 2.05) is 0 Å². The van der Waals surface area contributed by atoms with E-state index in [0.29, 0.717) is 6.07 Å². The Morgan fingerprint density at radius 2 is 1.43 bits per heavy atom. The van der Waals surface area contributed by atoms with Crippen LogP contribution in [0.1, 0.15) is 5.69 Å². The summed E-state index contributed by atoms with van der Waals surface area (Å²) in [7, 11) is -19.1.